The Morgan fingerprint density at radius 2 is 2.11 bits per heavy atom. The first kappa shape index (κ1) is 11.3. The van der Waals surface area contributed by atoms with Crippen LogP contribution in [-0.2, 0) is 11.2 Å². The van der Waals surface area contributed by atoms with Gasteiger partial charge in [0.2, 0.25) is 0 Å². The summed E-state index contributed by atoms with van der Waals surface area (Å²) in [7, 11) is 0. The number of hydrogen-bond donors (Lipinski definition) is 0. The molecule has 1 heterocycles. The van der Waals surface area contributed by atoms with Gasteiger partial charge in [-0.05, 0) is 29.8 Å². The maximum absolute atomic E-state index is 13.6. The molecule has 0 unspecified atom stereocenters. The van der Waals surface area contributed by atoms with Gasteiger partial charge in [-0.15, -0.1) is 0 Å². The average Bonchev–Trinajstić information content (AvgIpc) is 2.38. The van der Waals surface area contributed by atoms with Crippen molar-refractivity contribution in [3.63, 3.8) is 0 Å². The van der Waals surface area contributed by atoms with Gasteiger partial charge >= 0.3 is 0 Å². The molecule has 2 aromatic rings. The van der Waals surface area contributed by atoms with Gasteiger partial charge in [-0.1, -0.05) is 23.9 Å². The smallest absolute Gasteiger partial charge is 0.176 e. The van der Waals surface area contributed by atoms with Gasteiger partial charge in [0.05, 0.1) is 9.79 Å². The molecule has 0 amide bonds. The normalized spacial score (nSPS) is 12.3. The third kappa shape index (κ3) is 1.88. The van der Waals surface area contributed by atoms with E-state index in [0.717, 1.165) is 21.6 Å². The molecule has 90 valence electrons. The van der Waals surface area contributed by atoms with Gasteiger partial charge in [-0.25, -0.2) is 4.39 Å². The number of rotatable bonds is 2. The monoisotopic (exact) mass is 260 g/mol. The van der Waals surface area contributed by atoms with Crippen LogP contribution in [0.15, 0.2) is 46.2 Å². The molecule has 1 aliphatic rings. The summed E-state index contributed by atoms with van der Waals surface area (Å²) in [5, 5.41) is 0. The number of fused-ring (bicyclic) bond motifs is 2. The highest BCUT2D eigenvalue weighted by Gasteiger charge is 2.20. The van der Waals surface area contributed by atoms with E-state index in [-0.39, 0.29) is 11.6 Å². The van der Waals surface area contributed by atoms with Crippen LogP contribution in [0.1, 0.15) is 5.56 Å². The van der Waals surface area contributed by atoms with E-state index in [1.807, 2.05) is 18.2 Å². The SMILES string of the molecule is O=CCc1ccc2c(c1)Oc1c(F)cccc1S2. The van der Waals surface area contributed by atoms with E-state index in [2.05, 4.69) is 0 Å². The summed E-state index contributed by atoms with van der Waals surface area (Å²) in [5.41, 5.74) is 0.865. The third-order valence-corrected chi connectivity index (χ3v) is 3.79. The Kier molecular flexibility index (Phi) is 2.80. The number of carbonyl (C=O) groups excluding carboxylic acids is 1. The fourth-order valence-electron chi connectivity index (χ4n) is 1.84. The Morgan fingerprint density at radius 3 is 2.94 bits per heavy atom. The fourth-order valence-corrected chi connectivity index (χ4v) is 2.79. The highest BCUT2D eigenvalue weighted by atomic mass is 32.2. The van der Waals surface area contributed by atoms with Crippen LogP contribution in [0, 0.1) is 5.82 Å². The lowest BCUT2D eigenvalue weighted by molar-refractivity contribution is -0.107. The summed E-state index contributed by atoms with van der Waals surface area (Å²) in [6.07, 6.45) is 1.18. The van der Waals surface area contributed by atoms with Crippen molar-refractivity contribution >= 4 is 18.0 Å². The standard InChI is InChI=1S/C14H9FO2S/c15-10-2-1-3-13-14(10)17-11-8-9(6-7-16)4-5-12(11)18-13/h1-5,7-8H,6H2. The topological polar surface area (TPSA) is 26.3 Å². The molecule has 0 atom stereocenters. The van der Waals surface area contributed by atoms with Gasteiger partial charge in [0.1, 0.15) is 12.0 Å². The largest absolute Gasteiger partial charge is 0.452 e. The van der Waals surface area contributed by atoms with Crippen molar-refractivity contribution in [3.05, 3.63) is 47.8 Å². The molecule has 0 N–H and O–H groups in total. The summed E-state index contributed by atoms with van der Waals surface area (Å²) in [6.45, 7) is 0. The van der Waals surface area contributed by atoms with Crippen LogP contribution >= 0.6 is 11.8 Å². The summed E-state index contributed by atoms with van der Waals surface area (Å²) in [4.78, 5) is 12.2. The van der Waals surface area contributed by atoms with E-state index < -0.39 is 0 Å². The average molecular weight is 260 g/mol. The van der Waals surface area contributed by atoms with Crippen LogP contribution in [0.4, 0.5) is 4.39 Å². The first-order valence-corrected chi connectivity index (χ1v) is 6.30. The number of para-hydroxylation sites is 1. The third-order valence-electron chi connectivity index (χ3n) is 2.69. The van der Waals surface area contributed by atoms with E-state index >= 15 is 0 Å². The van der Waals surface area contributed by atoms with E-state index in [1.54, 1.807) is 12.1 Å². The molecule has 0 radical (unpaired) electrons. The molecule has 0 bridgehead atoms. The van der Waals surface area contributed by atoms with Crippen LogP contribution in [0.25, 0.3) is 0 Å². The second-order valence-electron chi connectivity index (χ2n) is 3.92. The maximum atomic E-state index is 13.6. The van der Waals surface area contributed by atoms with E-state index in [0.29, 0.717) is 12.2 Å². The molecule has 2 aromatic carbocycles. The van der Waals surface area contributed by atoms with Crippen LogP contribution in [-0.4, -0.2) is 6.29 Å². The lowest BCUT2D eigenvalue weighted by Gasteiger charge is -2.20. The van der Waals surface area contributed by atoms with Crippen molar-refractivity contribution in [3.8, 4) is 11.5 Å². The van der Waals surface area contributed by atoms with Gasteiger partial charge < -0.3 is 9.53 Å². The zero-order valence-corrected chi connectivity index (χ0v) is 10.2. The predicted molar refractivity (Wildman–Crippen MR) is 66.8 cm³/mol. The van der Waals surface area contributed by atoms with Crippen molar-refractivity contribution in [1.82, 2.24) is 0 Å². The molecule has 0 saturated carbocycles. The van der Waals surface area contributed by atoms with Crippen molar-refractivity contribution in [1.29, 1.82) is 0 Å². The van der Waals surface area contributed by atoms with Crippen LogP contribution in [0.2, 0.25) is 0 Å². The van der Waals surface area contributed by atoms with Crippen LogP contribution in [0.3, 0.4) is 0 Å². The second-order valence-corrected chi connectivity index (χ2v) is 5.01. The van der Waals surface area contributed by atoms with Crippen molar-refractivity contribution < 1.29 is 13.9 Å². The van der Waals surface area contributed by atoms with Gasteiger partial charge in [0.25, 0.3) is 0 Å². The molecule has 0 spiro atoms. The molecule has 0 saturated heterocycles. The zero-order chi connectivity index (χ0) is 12.5. The highest BCUT2D eigenvalue weighted by molar-refractivity contribution is 7.99. The fraction of sp³-hybridized carbons (Fsp3) is 0.0714. The number of ether oxygens (including phenoxy) is 1. The Balaban J connectivity index is 2.03. The number of aldehydes is 1. The molecule has 4 heteroatoms. The Morgan fingerprint density at radius 1 is 1.22 bits per heavy atom. The van der Waals surface area contributed by atoms with Crippen LogP contribution in [0.5, 0.6) is 11.5 Å². The molecule has 0 aromatic heterocycles. The molecule has 2 nitrogen and oxygen atoms in total. The number of halogens is 1. The molecule has 18 heavy (non-hydrogen) atoms. The van der Waals surface area contributed by atoms with Crippen molar-refractivity contribution in [2.45, 2.75) is 16.2 Å². The quantitative estimate of drug-likeness (QED) is 0.655. The first-order valence-electron chi connectivity index (χ1n) is 5.49. The maximum Gasteiger partial charge on any atom is 0.176 e. The molecule has 0 aliphatic carbocycles. The summed E-state index contributed by atoms with van der Waals surface area (Å²) in [6, 6.07) is 10.4. The minimum absolute atomic E-state index is 0.262. The number of benzene rings is 2. The van der Waals surface area contributed by atoms with Gasteiger partial charge in [0, 0.05) is 6.42 Å². The minimum Gasteiger partial charge on any atom is -0.452 e. The lowest BCUT2D eigenvalue weighted by Crippen LogP contribution is -1.98. The van der Waals surface area contributed by atoms with Crippen molar-refractivity contribution in [2.24, 2.45) is 0 Å². The number of hydrogen-bond acceptors (Lipinski definition) is 3. The Hall–Kier alpha value is -1.81. The van der Waals surface area contributed by atoms with Gasteiger partial charge in [0.15, 0.2) is 11.6 Å². The minimum atomic E-state index is -0.369. The van der Waals surface area contributed by atoms with Crippen LogP contribution < -0.4 is 4.74 Å². The summed E-state index contributed by atoms with van der Waals surface area (Å²) >= 11 is 1.47. The molecular formula is C14H9FO2S. The lowest BCUT2D eigenvalue weighted by atomic mass is 10.1. The summed E-state index contributed by atoms with van der Waals surface area (Å²) in [5.74, 6) is 0.502. The highest BCUT2D eigenvalue weighted by Crippen LogP contribution is 2.48. The zero-order valence-electron chi connectivity index (χ0n) is 9.35. The molecule has 0 fully saturated rings. The Labute approximate surface area is 108 Å². The summed E-state index contributed by atoms with van der Waals surface area (Å²) < 4.78 is 19.2. The molecule has 3 rings (SSSR count). The van der Waals surface area contributed by atoms with Crippen molar-refractivity contribution in [2.75, 3.05) is 0 Å². The van der Waals surface area contributed by atoms with Gasteiger partial charge in [-0.3, -0.25) is 0 Å². The van der Waals surface area contributed by atoms with E-state index in [9.17, 15) is 9.18 Å². The second kappa shape index (κ2) is 4.46. The molecule has 1 aliphatic heterocycles. The Bertz CT molecular complexity index is 625. The first-order chi connectivity index (χ1) is 8.78. The predicted octanol–water partition coefficient (Wildman–Crippen LogP) is 3.82. The van der Waals surface area contributed by atoms with E-state index in [4.69, 9.17) is 4.74 Å². The molecular weight excluding hydrogens is 251 g/mol. The number of carbonyl (C=O) groups is 1. The van der Waals surface area contributed by atoms with Gasteiger partial charge in [-0.2, -0.15) is 0 Å². The van der Waals surface area contributed by atoms with E-state index in [1.165, 1.54) is 17.8 Å².